The molecule has 100 valence electrons. The molecule has 6 nitrogen and oxygen atoms in total. The van der Waals surface area contributed by atoms with Crippen molar-refractivity contribution in [2.45, 2.75) is 6.54 Å². The van der Waals surface area contributed by atoms with Gasteiger partial charge in [0.2, 0.25) is 0 Å². The molecule has 0 saturated heterocycles. The molecule has 0 saturated carbocycles. The molecular formula is C9H12ClFN4O2S. The van der Waals surface area contributed by atoms with E-state index in [1.807, 2.05) is 0 Å². The van der Waals surface area contributed by atoms with E-state index in [2.05, 4.69) is 10.3 Å². The van der Waals surface area contributed by atoms with Gasteiger partial charge in [0.05, 0.1) is 11.5 Å². The van der Waals surface area contributed by atoms with Crippen molar-refractivity contribution in [1.82, 2.24) is 15.2 Å². The summed E-state index contributed by atoms with van der Waals surface area (Å²) in [6.45, 7) is -0.175. The quantitative estimate of drug-likeness (QED) is 0.614. The van der Waals surface area contributed by atoms with Crippen LogP contribution in [0.1, 0.15) is 4.88 Å². The Kier molecular flexibility index (Phi) is 5.79. The summed E-state index contributed by atoms with van der Waals surface area (Å²) >= 11 is 6.98. The van der Waals surface area contributed by atoms with E-state index in [0.29, 0.717) is 11.0 Å². The molecule has 18 heavy (non-hydrogen) atoms. The van der Waals surface area contributed by atoms with Crippen LogP contribution in [0.4, 0.5) is 4.39 Å². The standard InChI is InChI=1S/C9H12ClFN4O2S/c1-14(5-7-4-13-9(10)18-7)8(6-15(16)17)12-3-2-11/h4,6,12H,2-3,5H2,1H3. The Morgan fingerprint density at radius 2 is 2.56 bits per heavy atom. The van der Waals surface area contributed by atoms with Crippen molar-refractivity contribution < 1.29 is 9.31 Å². The predicted molar refractivity (Wildman–Crippen MR) is 67.6 cm³/mol. The Labute approximate surface area is 112 Å². The van der Waals surface area contributed by atoms with Gasteiger partial charge in [0.1, 0.15) is 6.67 Å². The maximum atomic E-state index is 12.1. The molecular weight excluding hydrogens is 283 g/mol. The van der Waals surface area contributed by atoms with Crippen LogP contribution in [-0.4, -0.2) is 35.1 Å². The zero-order valence-corrected chi connectivity index (χ0v) is 11.2. The number of nitrogens with one attached hydrogen (secondary N) is 1. The number of rotatable bonds is 7. The van der Waals surface area contributed by atoms with Crippen molar-refractivity contribution in [3.8, 4) is 0 Å². The lowest BCUT2D eigenvalue weighted by Gasteiger charge is -2.20. The number of nitro groups is 1. The first-order valence-corrected chi connectivity index (χ1v) is 6.19. The number of halogens is 2. The Morgan fingerprint density at radius 1 is 1.83 bits per heavy atom. The van der Waals surface area contributed by atoms with E-state index in [1.54, 1.807) is 18.1 Å². The van der Waals surface area contributed by atoms with Crippen LogP contribution in [0.3, 0.4) is 0 Å². The fourth-order valence-corrected chi connectivity index (χ4v) is 2.26. The van der Waals surface area contributed by atoms with E-state index in [0.717, 1.165) is 11.1 Å². The molecule has 1 rings (SSSR count). The first kappa shape index (κ1) is 14.7. The number of hydrogen-bond acceptors (Lipinski definition) is 6. The summed E-state index contributed by atoms with van der Waals surface area (Å²) in [6, 6.07) is 0. The highest BCUT2D eigenvalue weighted by atomic mass is 35.5. The van der Waals surface area contributed by atoms with Gasteiger partial charge in [-0.1, -0.05) is 11.6 Å². The lowest BCUT2D eigenvalue weighted by Crippen LogP contribution is -2.30. The van der Waals surface area contributed by atoms with Crippen LogP contribution in [0, 0.1) is 10.1 Å². The third-order valence-corrected chi connectivity index (χ3v) is 3.06. The summed E-state index contributed by atoms with van der Waals surface area (Å²) in [6.07, 6.45) is 2.40. The van der Waals surface area contributed by atoms with Gasteiger partial charge in [-0.3, -0.25) is 10.1 Å². The minimum Gasteiger partial charge on any atom is -0.364 e. The van der Waals surface area contributed by atoms with Crippen LogP contribution in [0.15, 0.2) is 18.2 Å². The summed E-state index contributed by atoms with van der Waals surface area (Å²) in [5.74, 6) is 0.238. The zero-order chi connectivity index (χ0) is 13.5. The highest BCUT2D eigenvalue weighted by molar-refractivity contribution is 7.15. The van der Waals surface area contributed by atoms with Crippen LogP contribution in [-0.2, 0) is 6.54 Å². The van der Waals surface area contributed by atoms with E-state index >= 15 is 0 Å². The van der Waals surface area contributed by atoms with Gasteiger partial charge in [-0.25, -0.2) is 9.37 Å². The highest BCUT2D eigenvalue weighted by Gasteiger charge is 2.11. The SMILES string of the molecule is CN(Cc1cnc(Cl)s1)C(=C[N+](=O)[O-])NCCF. The second-order valence-electron chi connectivity index (χ2n) is 3.35. The number of alkyl halides is 1. The Hall–Kier alpha value is -1.41. The first-order chi connectivity index (χ1) is 8.52. The van der Waals surface area contributed by atoms with E-state index in [-0.39, 0.29) is 12.4 Å². The fraction of sp³-hybridized carbons (Fsp3) is 0.444. The van der Waals surface area contributed by atoms with Crippen molar-refractivity contribution >= 4 is 22.9 Å². The molecule has 1 aromatic heterocycles. The van der Waals surface area contributed by atoms with Gasteiger partial charge in [0.25, 0.3) is 6.20 Å². The Morgan fingerprint density at radius 3 is 3.06 bits per heavy atom. The number of hydrogen-bond donors (Lipinski definition) is 1. The Bertz CT molecular complexity index is 440. The second kappa shape index (κ2) is 7.12. The number of aromatic nitrogens is 1. The summed E-state index contributed by atoms with van der Waals surface area (Å²) in [5, 5.41) is 13.1. The molecule has 0 fully saturated rings. The lowest BCUT2D eigenvalue weighted by atomic mass is 10.4. The van der Waals surface area contributed by atoms with E-state index in [1.165, 1.54) is 11.3 Å². The smallest absolute Gasteiger partial charge is 0.274 e. The Balaban J connectivity index is 2.69. The van der Waals surface area contributed by atoms with Gasteiger partial charge in [0.15, 0.2) is 10.3 Å². The van der Waals surface area contributed by atoms with Crippen LogP contribution in [0.2, 0.25) is 4.47 Å². The van der Waals surface area contributed by atoms with Crippen LogP contribution < -0.4 is 5.32 Å². The molecule has 0 radical (unpaired) electrons. The van der Waals surface area contributed by atoms with E-state index < -0.39 is 11.6 Å². The third-order valence-electron chi connectivity index (χ3n) is 1.96. The molecule has 0 aromatic carbocycles. The third kappa shape index (κ3) is 4.84. The van der Waals surface area contributed by atoms with Crippen molar-refractivity contribution in [2.75, 3.05) is 20.3 Å². The topological polar surface area (TPSA) is 71.3 Å². The maximum absolute atomic E-state index is 12.1. The first-order valence-electron chi connectivity index (χ1n) is 4.99. The largest absolute Gasteiger partial charge is 0.364 e. The van der Waals surface area contributed by atoms with Gasteiger partial charge in [0, 0.05) is 24.7 Å². The second-order valence-corrected chi connectivity index (χ2v) is 5.05. The molecule has 0 amide bonds. The van der Waals surface area contributed by atoms with Crippen molar-refractivity contribution in [3.63, 3.8) is 0 Å². The van der Waals surface area contributed by atoms with Gasteiger partial charge < -0.3 is 10.2 Å². The number of nitrogens with zero attached hydrogens (tertiary/aromatic N) is 3. The van der Waals surface area contributed by atoms with Crippen molar-refractivity contribution in [3.05, 3.63) is 37.7 Å². The summed E-state index contributed by atoms with van der Waals surface area (Å²) < 4.78 is 12.5. The lowest BCUT2D eigenvalue weighted by molar-refractivity contribution is -0.404. The molecule has 1 aromatic rings. The molecule has 0 bridgehead atoms. The van der Waals surface area contributed by atoms with Gasteiger partial charge in [-0.15, -0.1) is 11.3 Å². The van der Waals surface area contributed by atoms with Crippen LogP contribution in [0.25, 0.3) is 0 Å². The molecule has 0 aliphatic heterocycles. The minimum absolute atomic E-state index is 0.0213. The molecule has 1 heterocycles. The molecule has 1 N–H and O–H groups in total. The molecule has 0 spiro atoms. The molecule has 0 aliphatic rings. The average Bonchev–Trinajstić information content (AvgIpc) is 2.69. The zero-order valence-electron chi connectivity index (χ0n) is 9.60. The molecule has 9 heteroatoms. The van der Waals surface area contributed by atoms with E-state index in [9.17, 15) is 14.5 Å². The summed E-state index contributed by atoms with van der Waals surface area (Å²) in [5.41, 5.74) is 0. The monoisotopic (exact) mass is 294 g/mol. The summed E-state index contributed by atoms with van der Waals surface area (Å²) in [7, 11) is 1.66. The van der Waals surface area contributed by atoms with Gasteiger partial charge in [-0.2, -0.15) is 0 Å². The summed E-state index contributed by atoms with van der Waals surface area (Å²) in [4.78, 5) is 16.2. The van der Waals surface area contributed by atoms with Crippen LogP contribution >= 0.6 is 22.9 Å². The molecule has 0 unspecified atom stereocenters. The highest BCUT2D eigenvalue weighted by Crippen LogP contribution is 2.19. The maximum Gasteiger partial charge on any atom is 0.274 e. The van der Waals surface area contributed by atoms with E-state index in [4.69, 9.17) is 11.6 Å². The molecule has 0 aliphatic carbocycles. The predicted octanol–water partition coefficient (Wildman–Crippen LogP) is 1.86. The van der Waals surface area contributed by atoms with Crippen molar-refractivity contribution in [1.29, 1.82) is 0 Å². The number of thiazole rings is 1. The minimum atomic E-state index is -0.602. The fourth-order valence-electron chi connectivity index (χ4n) is 1.23. The normalized spacial score (nSPS) is 11.4. The van der Waals surface area contributed by atoms with Crippen molar-refractivity contribution in [2.24, 2.45) is 0 Å². The average molecular weight is 295 g/mol. The van der Waals surface area contributed by atoms with Gasteiger partial charge in [-0.05, 0) is 0 Å². The molecule has 0 atom stereocenters. The van der Waals surface area contributed by atoms with Crippen LogP contribution in [0.5, 0.6) is 0 Å². The van der Waals surface area contributed by atoms with Gasteiger partial charge >= 0.3 is 0 Å².